The maximum atomic E-state index is 12.6. The molecule has 2 aromatic rings. The number of Topliss-reactive ketones (excluding diaryl/α,β-unsaturated/α-hetero) is 1. The standard InChI is InChI=1S/C22H26O5P/c1-15-9-7-10-16(2)20(15)17(23)11-5-6-14-28(25)22(24)21-18(26-3)12-8-13-19(21)27-4/h7-10,12-13H,5-6,11,14H2,1-4H3/q+1. The predicted octanol–water partition coefficient (Wildman–Crippen LogP) is 5.34. The molecule has 0 saturated carbocycles. The number of benzene rings is 2. The predicted molar refractivity (Wildman–Crippen MR) is 110 cm³/mol. The number of carbonyl (C=O) groups is 2. The molecule has 6 heteroatoms. The highest BCUT2D eigenvalue weighted by Gasteiger charge is 2.34. The fourth-order valence-electron chi connectivity index (χ4n) is 3.21. The Morgan fingerprint density at radius 2 is 1.39 bits per heavy atom. The molecule has 0 aromatic heterocycles. The van der Waals surface area contributed by atoms with E-state index < -0.39 is 13.3 Å². The second-order valence-corrected chi connectivity index (χ2v) is 8.20. The lowest BCUT2D eigenvalue weighted by molar-refractivity contribution is 0.0978. The minimum Gasteiger partial charge on any atom is -0.496 e. The number of aryl methyl sites for hydroxylation is 2. The van der Waals surface area contributed by atoms with Crippen LogP contribution in [0.5, 0.6) is 11.5 Å². The summed E-state index contributed by atoms with van der Waals surface area (Å²) in [6, 6.07) is 10.8. The second-order valence-electron chi connectivity index (χ2n) is 6.59. The van der Waals surface area contributed by atoms with Crippen molar-refractivity contribution in [3.05, 3.63) is 58.7 Å². The van der Waals surface area contributed by atoms with Gasteiger partial charge in [-0.15, -0.1) is 0 Å². The quantitative estimate of drug-likeness (QED) is 0.305. The van der Waals surface area contributed by atoms with E-state index in [1.807, 2.05) is 32.0 Å². The summed E-state index contributed by atoms with van der Waals surface area (Å²) in [6.45, 7) is 3.85. The third-order valence-corrected chi connectivity index (χ3v) is 6.04. The lowest BCUT2D eigenvalue weighted by atomic mass is 9.96. The van der Waals surface area contributed by atoms with Gasteiger partial charge in [0.15, 0.2) is 17.5 Å². The first kappa shape index (κ1) is 21.8. The van der Waals surface area contributed by atoms with Crippen molar-refractivity contribution >= 4 is 19.1 Å². The Labute approximate surface area is 166 Å². The van der Waals surface area contributed by atoms with E-state index >= 15 is 0 Å². The van der Waals surface area contributed by atoms with E-state index in [1.54, 1.807) is 18.2 Å². The highest BCUT2D eigenvalue weighted by Crippen LogP contribution is 2.37. The van der Waals surface area contributed by atoms with E-state index in [0.29, 0.717) is 30.8 Å². The van der Waals surface area contributed by atoms with Gasteiger partial charge in [-0.3, -0.25) is 4.79 Å². The first-order valence-electron chi connectivity index (χ1n) is 9.20. The summed E-state index contributed by atoms with van der Waals surface area (Å²) in [7, 11) is 0.793. The number of ether oxygens (including phenoxy) is 2. The molecule has 0 aliphatic carbocycles. The average Bonchev–Trinajstić information content (AvgIpc) is 2.69. The van der Waals surface area contributed by atoms with E-state index in [0.717, 1.165) is 16.7 Å². The van der Waals surface area contributed by atoms with Gasteiger partial charge < -0.3 is 9.47 Å². The second kappa shape index (κ2) is 10.1. The molecular formula is C22H26O5P+. The Bertz CT molecular complexity index is 846. The van der Waals surface area contributed by atoms with Crippen LogP contribution in [0, 0.1) is 13.8 Å². The van der Waals surface area contributed by atoms with E-state index in [9.17, 15) is 14.2 Å². The van der Waals surface area contributed by atoms with Gasteiger partial charge in [-0.1, -0.05) is 28.8 Å². The fraction of sp³-hybridized carbons (Fsp3) is 0.364. The number of methoxy groups -OCH3 is 2. The summed E-state index contributed by atoms with van der Waals surface area (Å²) in [4.78, 5) is 25.1. The van der Waals surface area contributed by atoms with Gasteiger partial charge in [0.2, 0.25) is 0 Å². The van der Waals surface area contributed by atoms with E-state index in [1.165, 1.54) is 14.2 Å². The van der Waals surface area contributed by atoms with Crippen molar-refractivity contribution < 1.29 is 23.6 Å². The molecule has 0 aliphatic heterocycles. The molecule has 0 fully saturated rings. The maximum absolute atomic E-state index is 12.6. The summed E-state index contributed by atoms with van der Waals surface area (Å²) in [5, 5.41) is 0. The summed E-state index contributed by atoms with van der Waals surface area (Å²) in [5.74, 6) is 0.777. The number of ketones is 1. The molecule has 0 spiro atoms. The Kier molecular flexibility index (Phi) is 7.89. The highest BCUT2D eigenvalue weighted by molar-refractivity contribution is 7.64. The van der Waals surface area contributed by atoms with Crippen molar-refractivity contribution in [2.24, 2.45) is 0 Å². The third kappa shape index (κ3) is 5.05. The fourth-order valence-corrected chi connectivity index (χ4v) is 4.39. The largest absolute Gasteiger partial charge is 0.496 e. The number of rotatable bonds is 10. The minimum atomic E-state index is -2.12. The average molecular weight is 401 g/mol. The lowest BCUT2D eigenvalue weighted by Gasteiger charge is -2.08. The molecule has 28 heavy (non-hydrogen) atoms. The van der Waals surface area contributed by atoms with E-state index in [2.05, 4.69) is 0 Å². The first-order chi connectivity index (χ1) is 13.4. The summed E-state index contributed by atoms with van der Waals surface area (Å²) in [6.07, 6.45) is 1.73. The molecular weight excluding hydrogens is 375 g/mol. The van der Waals surface area contributed by atoms with Gasteiger partial charge in [0, 0.05) is 12.0 Å². The summed E-state index contributed by atoms with van der Waals surface area (Å²) in [5.41, 5.74) is 2.43. The molecule has 1 atom stereocenters. The molecule has 0 amide bonds. The molecule has 0 heterocycles. The Balaban J connectivity index is 1.95. The zero-order valence-electron chi connectivity index (χ0n) is 16.8. The van der Waals surface area contributed by atoms with Crippen molar-refractivity contribution in [3.8, 4) is 11.5 Å². The van der Waals surface area contributed by atoms with E-state index in [-0.39, 0.29) is 17.5 Å². The number of hydrogen-bond acceptors (Lipinski definition) is 5. The maximum Gasteiger partial charge on any atom is 0.420 e. The van der Waals surface area contributed by atoms with Crippen LogP contribution in [0.15, 0.2) is 36.4 Å². The van der Waals surface area contributed by atoms with Crippen molar-refractivity contribution in [2.45, 2.75) is 33.1 Å². The van der Waals surface area contributed by atoms with Crippen molar-refractivity contribution in [2.75, 3.05) is 20.4 Å². The molecule has 1 unspecified atom stereocenters. The van der Waals surface area contributed by atoms with Crippen molar-refractivity contribution in [1.82, 2.24) is 0 Å². The summed E-state index contributed by atoms with van der Waals surface area (Å²) < 4.78 is 22.9. The number of unbranched alkanes of at least 4 members (excludes halogenated alkanes) is 1. The molecule has 0 bridgehead atoms. The monoisotopic (exact) mass is 401 g/mol. The summed E-state index contributed by atoms with van der Waals surface area (Å²) >= 11 is 0. The van der Waals surface area contributed by atoms with Crippen LogP contribution < -0.4 is 9.47 Å². The topological polar surface area (TPSA) is 69.7 Å². The highest BCUT2D eigenvalue weighted by atomic mass is 31.1. The molecule has 0 saturated heterocycles. The van der Waals surface area contributed by atoms with Gasteiger partial charge in [-0.2, -0.15) is 0 Å². The molecule has 2 rings (SSSR count). The van der Waals surface area contributed by atoms with Gasteiger partial charge in [0.05, 0.1) is 14.2 Å². The van der Waals surface area contributed by atoms with Gasteiger partial charge in [-0.25, -0.2) is 4.79 Å². The molecule has 5 nitrogen and oxygen atoms in total. The van der Waals surface area contributed by atoms with Gasteiger partial charge in [0.1, 0.15) is 11.5 Å². The molecule has 148 valence electrons. The van der Waals surface area contributed by atoms with Crippen LogP contribution in [-0.4, -0.2) is 31.7 Å². The first-order valence-corrected chi connectivity index (χ1v) is 10.6. The van der Waals surface area contributed by atoms with Gasteiger partial charge in [0.25, 0.3) is 0 Å². The van der Waals surface area contributed by atoms with Crippen molar-refractivity contribution in [3.63, 3.8) is 0 Å². The smallest absolute Gasteiger partial charge is 0.420 e. The number of hydrogen-bond donors (Lipinski definition) is 0. The zero-order valence-corrected chi connectivity index (χ0v) is 17.7. The van der Waals surface area contributed by atoms with E-state index in [4.69, 9.17) is 9.47 Å². The Morgan fingerprint density at radius 3 is 1.93 bits per heavy atom. The van der Waals surface area contributed by atoms with Crippen LogP contribution in [0.25, 0.3) is 0 Å². The zero-order chi connectivity index (χ0) is 20.7. The molecule has 0 radical (unpaired) electrons. The van der Waals surface area contributed by atoms with Crippen LogP contribution in [0.1, 0.15) is 51.1 Å². The molecule has 0 aliphatic rings. The normalized spacial score (nSPS) is 11.1. The van der Waals surface area contributed by atoms with Gasteiger partial charge in [-0.05, 0) is 49.9 Å². The van der Waals surface area contributed by atoms with Crippen LogP contribution in [0.3, 0.4) is 0 Å². The van der Waals surface area contributed by atoms with Gasteiger partial charge >= 0.3 is 13.3 Å². The molecule has 2 aromatic carbocycles. The lowest BCUT2D eigenvalue weighted by Crippen LogP contribution is -2.05. The SMILES string of the molecule is COc1cccc(OC)c1C(=O)[P+](=O)CCCCC(=O)c1c(C)cccc1C. The Hall–Kier alpha value is -2.52. The van der Waals surface area contributed by atoms with Crippen LogP contribution >= 0.6 is 7.80 Å². The van der Waals surface area contributed by atoms with Crippen LogP contribution in [-0.2, 0) is 4.57 Å². The third-order valence-electron chi connectivity index (χ3n) is 4.64. The number of carbonyl (C=O) groups excluding carboxylic acids is 2. The minimum absolute atomic E-state index is 0.0866. The van der Waals surface area contributed by atoms with Crippen LogP contribution in [0.2, 0.25) is 0 Å². The van der Waals surface area contributed by atoms with Crippen molar-refractivity contribution in [1.29, 1.82) is 0 Å². The Morgan fingerprint density at radius 1 is 0.857 bits per heavy atom. The van der Waals surface area contributed by atoms with Crippen LogP contribution in [0.4, 0.5) is 0 Å². The molecule has 0 N–H and O–H groups in total.